The summed E-state index contributed by atoms with van der Waals surface area (Å²) in [6.07, 6.45) is 8.41. The topological polar surface area (TPSA) is 24.8 Å². The summed E-state index contributed by atoms with van der Waals surface area (Å²) < 4.78 is 0. The quantitative estimate of drug-likeness (QED) is 0.847. The second kappa shape index (κ2) is 7.30. The van der Waals surface area contributed by atoms with Crippen LogP contribution in [0.25, 0.3) is 0 Å². The lowest BCUT2D eigenvalue weighted by atomic mass is 9.94. The average molecular weight is 320 g/mol. The molecule has 1 heterocycles. The molecule has 118 valence electrons. The van der Waals surface area contributed by atoms with Crippen LogP contribution in [0, 0.1) is 5.92 Å². The molecule has 0 bridgehead atoms. The van der Waals surface area contributed by atoms with E-state index in [0.29, 0.717) is 10.6 Å². The Balaban J connectivity index is 1.51. The van der Waals surface area contributed by atoms with Crippen LogP contribution in [-0.2, 0) is 0 Å². The van der Waals surface area contributed by atoms with E-state index in [1.165, 1.54) is 25.8 Å². The maximum absolute atomic E-state index is 12.5. The van der Waals surface area contributed by atoms with Crippen molar-refractivity contribution in [3.63, 3.8) is 0 Å². The number of carbonyl (C=O) groups is 1. The van der Waals surface area contributed by atoms with Crippen LogP contribution in [0.15, 0.2) is 36.4 Å². The Morgan fingerprint density at radius 1 is 1.27 bits per heavy atom. The Hall–Kier alpha value is -1.32. The molecule has 1 fully saturated rings. The number of nitrogens with one attached hydrogen (secondary N) is 1. The predicted octanol–water partition coefficient (Wildman–Crippen LogP) is 2.04. The van der Waals surface area contributed by atoms with Crippen molar-refractivity contribution < 1.29 is 9.69 Å². The summed E-state index contributed by atoms with van der Waals surface area (Å²) in [7, 11) is 0. The highest BCUT2D eigenvalue weighted by atomic mass is 35.5. The van der Waals surface area contributed by atoms with E-state index >= 15 is 0 Å². The van der Waals surface area contributed by atoms with Gasteiger partial charge in [0.15, 0.2) is 0 Å². The maximum Gasteiger partial charge on any atom is 0.254 e. The standard InChI is InChI=1S/C18H23ClN2O/c19-17-8-4-7-16(13-17)18(22)21-11-9-20(10-12-21)14-15-5-2-1-3-6-15/h1-2,4,7-8,13,15H,3,5-6,9-12,14H2/p+1/t15-/m0/s1. The Kier molecular flexibility index (Phi) is 5.16. The first kappa shape index (κ1) is 15.6. The van der Waals surface area contributed by atoms with E-state index in [9.17, 15) is 4.79 Å². The van der Waals surface area contributed by atoms with Crippen molar-refractivity contribution in [1.82, 2.24) is 4.90 Å². The van der Waals surface area contributed by atoms with Crippen LogP contribution < -0.4 is 4.90 Å². The van der Waals surface area contributed by atoms with Gasteiger partial charge in [0.2, 0.25) is 0 Å². The lowest BCUT2D eigenvalue weighted by Gasteiger charge is -2.34. The molecule has 1 saturated heterocycles. The van der Waals surface area contributed by atoms with Gasteiger partial charge in [0, 0.05) is 16.5 Å². The molecule has 1 amide bonds. The van der Waals surface area contributed by atoms with Crippen molar-refractivity contribution >= 4 is 17.5 Å². The molecule has 1 aliphatic heterocycles. The van der Waals surface area contributed by atoms with Crippen molar-refractivity contribution in [3.8, 4) is 0 Å². The zero-order chi connectivity index (χ0) is 15.4. The number of halogens is 1. The van der Waals surface area contributed by atoms with Crippen LogP contribution in [-0.4, -0.2) is 43.5 Å². The third-order valence-electron chi connectivity index (χ3n) is 4.78. The highest BCUT2D eigenvalue weighted by molar-refractivity contribution is 6.30. The molecule has 3 rings (SSSR count). The molecular weight excluding hydrogens is 296 g/mol. The van der Waals surface area contributed by atoms with Crippen LogP contribution in [0.2, 0.25) is 5.02 Å². The largest absolute Gasteiger partial charge is 0.332 e. The van der Waals surface area contributed by atoms with Gasteiger partial charge in [-0.05, 0) is 37.5 Å². The van der Waals surface area contributed by atoms with Crippen molar-refractivity contribution in [3.05, 3.63) is 47.0 Å². The molecule has 1 N–H and O–H groups in total. The van der Waals surface area contributed by atoms with Gasteiger partial charge in [-0.25, -0.2) is 0 Å². The molecule has 22 heavy (non-hydrogen) atoms. The Labute approximate surface area is 137 Å². The summed E-state index contributed by atoms with van der Waals surface area (Å²) in [5, 5.41) is 0.625. The fourth-order valence-corrected chi connectivity index (χ4v) is 3.67. The minimum absolute atomic E-state index is 0.113. The van der Waals surface area contributed by atoms with Gasteiger partial charge >= 0.3 is 0 Å². The third kappa shape index (κ3) is 3.90. The summed E-state index contributed by atoms with van der Waals surface area (Å²) in [6, 6.07) is 7.26. The zero-order valence-electron chi connectivity index (χ0n) is 12.9. The van der Waals surface area contributed by atoms with E-state index in [0.717, 1.165) is 32.1 Å². The number of benzene rings is 1. The highest BCUT2D eigenvalue weighted by Crippen LogP contribution is 2.16. The summed E-state index contributed by atoms with van der Waals surface area (Å²) >= 11 is 5.98. The summed E-state index contributed by atoms with van der Waals surface area (Å²) in [6.45, 7) is 5.08. The van der Waals surface area contributed by atoms with Gasteiger partial charge in [-0.1, -0.05) is 29.8 Å². The predicted molar refractivity (Wildman–Crippen MR) is 89.4 cm³/mol. The summed E-state index contributed by atoms with van der Waals surface area (Å²) in [5.41, 5.74) is 0.702. The lowest BCUT2D eigenvalue weighted by Crippen LogP contribution is -3.15. The van der Waals surface area contributed by atoms with Crippen molar-refractivity contribution in [1.29, 1.82) is 0 Å². The van der Waals surface area contributed by atoms with Crippen LogP contribution in [0.1, 0.15) is 29.6 Å². The second-order valence-electron chi connectivity index (χ2n) is 6.41. The van der Waals surface area contributed by atoms with E-state index in [1.54, 1.807) is 17.0 Å². The number of rotatable bonds is 3. The fraction of sp³-hybridized carbons (Fsp3) is 0.500. The SMILES string of the molecule is O=C(c1cccc(Cl)c1)N1CC[NH+](C[C@H]2CC=CCC2)CC1. The second-order valence-corrected chi connectivity index (χ2v) is 6.84. The first-order chi connectivity index (χ1) is 10.7. The lowest BCUT2D eigenvalue weighted by molar-refractivity contribution is -0.907. The summed E-state index contributed by atoms with van der Waals surface area (Å²) in [4.78, 5) is 16.1. The molecule has 1 aromatic rings. The number of carbonyl (C=O) groups excluding carboxylic acids is 1. The van der Waals surface area contributed by atoms with Gasteiger partial charge in [0.25, 0.3) is 5.91 Å². The Morgan fingerprint density at radius 3 is 2.77 bits per heavy atom. The Bertz CT molecular complexity index is 550. The first-order valence-electron chi connectivity index (χ1n) is 8.26. The minimum Gasteiger partial charge on any atom is -0.332 e. The number of allylic oxidation sites excluding steroid dienone is 2. The molecule has 0 spiro atoms. The first-order valence-corrected chi connectivity index (χ1v) is 8.63. The molecule has 3 nitrogen and oxygen atoms in total. The number of nitrogens with zero attached hydrogens (tertiary/aromatic N) is 1. The Morgan fingerprint density at radius 2 is 2.09 bits per heavy atom. The van der Waals surface area contributed by atoms with Gasteiger partial charge < -0.3 is 9.80 Å². The van der Waals surface area contributed by atoms with Gasteiger partial charge in [-0.3, -0.25) is 4.79 Å². The molecule has 0 radical (unpaired) electrons. The van der Waals surface area contributed by atoms with Gasteiger partial charge in [0.1, 0.15) is 0 Å². The number of hydrogen-bond acceptors (Lipinski definition) is 1. The van der Waals surface area contributed by atoms with Crippen molar-refractivity contribution in [2.24, 2.45) is 5.92 Å². The fourth-order valence-electron chi connectivity index (χ4n) is 3.48. The molecule has 4 heteroatoms. The average Bonchev–Trinajstić information content (AvgIpc) is 2.56. The molecule has 1 atom stereocenters. The van der Waals surface area contributed by atoms with E-state index in [-0.39, 0.29) is 5.91 Å². The molecule has 0 unspecified atom stereocenters. The summed E-state index contributed by atoms with van der Waals surface area (Å²) in [5.74, 6) is 0.942. The van der Waals surface area contributed by atoms with Crippen LogP contribution in [0.4, 0.5) is 0 Å². The number of quaternary nitrogens is 1. The number of amides is 1. The van der Waals surface area contributed by atoms with E-state index in [4.69, 9.17) is 11.6 Å². The third-order valence-corrected chi connectivity index (χ3v) is 5.02. The smallest absolute Gasteiger partial charge is 0.254 e. The van der Waals surface area contributed by atoms with Gasteiger partial charge in [-0.2, -0.15) is 0 Å². The van der Waals surface area contributed by atoms with Gasteiger partial charge in [0.05, 0.1) is 32.7 Å². The molecule has 2 aliphatic rings. The van der Waals surface area contributed by atoms with Gasteiger partial charge in [-0.15, -0.1) is 0 Å². The minimum atomic E-state index is 0.113. The van der Waals surface area contributed by atoms with E-state index in [2.05, 4.69) is 12.2 Å². The van der Waals surface area contributed by atoms with Crippen LogP contribution in [0.5, 0.6) is 0 Å². The molecule has 0 saturated carbocycles. The zero-order valence-corrected chi connectivity index (χ0v) is 13.7. The number of piperazine rings is 1. The van der Waals surface area contributed by atoms with E-state index < -0.39 is 0 Å². The molecule has 0 aromatic heterocycles. The normalized spacial score (nSPS) is 22.8. The highest BCUT2D eigenvalue weighted by Gasteiger charge is 2.26. The van der Waals surface area contributed by atoms with Crippen LogP contribution >= 0.6 is 11.6 Å². The van der Waals surface area contributed by atoms with Crippen molar-refractivity contribution in [2.75, 3.05) is 32.7 Å². The monoisotopic (exact) mass is 319 g/mol. The maximum atomic E-state index is 12.5. The van der Waals surface area contributed by atoms with Crippen molar-refractivity contribution in [2.45, 2.75) is 19.3 Å². The number of hydrogen-bond donors (Lipinski definition) is 1. The molecule has 1 aromatic carbocycles. The molecular formula is C18H24ClN2O+. The van der Waals surface area contributed by atoms with E-state index in [1.807, 2.05) is 17.0 Å². The van der Waals surface area contributed by atoms with Crippen LogP contribution in [0.3, 0.4) is 0 Å². The molecule has 1 aliphatic carbocycles.